The largest absolute Gasteiger partial charge is 0.370 e. The lowest BCUT2D eigenvalue weighted by atomic mass is 10.2. The summed E-state index contributed by atoms with van der Waals surface area (Å²) in [6.45, 7) is 3.22. The molecular weight excluding hydrogens is 252 g/mol. The number of aliphatic imine (C=N–C) groups is 1. The average Bonchev–Trinajstić information content (AvgIpc) is 2.69. The van der Waals surface area contributed by atoms with Crippen molar-refractivity contribution in [1.29, 1.82) is 0 Å². The third-order valence-electron chi connectivity index (χ3n) is 2.88. The van der Waals surface area contributed by atoms with Crippen molar-refractivity contribution in [2.75, 3.05) is 19.3 Å². The maximum Gasteiger partial charge on any atom is 0.175 e. The van der Waals surface area contributed by atoms with Crippen LogP contribution in [0.4, 0.5) is 0 Å². The van der Waals surface area contributed by atoms with Crippen LogP contribution >= 0.6 is 0 Å². The van der Waals surface area contributed by atoms with Gasteiger partial charge < -0.3 is 10.0 Å². The molecule has 0 radical (unpaired) electrons. The number of aliphatic hydroxyl groups excluding tert-OH is 1. The van der Waals surface area contributed by atoms with Gasteiger partial charge in [0.05, 0.1) is 11.4 Å². The molecule has 0 aliphatic carbocycles. The standard InChI is InChI=1S/C12H16N2O3S/c1-3-14-8-11(15)13-12(14)9-4-6-10(7-5-9)18(2,16)17/h4-7,11,15H,3,8H2,1-2H3. The van der Waals surface area contributed by atoms with Gasteiger partial charge in [-0.15, -0.1) is 0 Å². The Bertz CT molecular complexity index is 563. The van der Waals surface area contributed by atoms with Gasteiger partial charge in [0, 0.05) is 18.4 Å². The maximum absolute atomic E-state index is 11.4. The van der Waals surface area contributed by atoms with Crippen LogP contribution in [0.25, 0.3) is 0 Å². The molecule has 2 rings (SSSR count). The van der Waals surface area contributed by atoms with E-state index in [-0.39, 0.29) is 4.90 Å². The van der Waals surface area contributed by atoms with Crippen LogP contribution < -0.4 is 0 Å². The molecule has 98 valence electrons. The molecular formula is C12H16N2O3S. The summed E-state index contributed by atoms with van der Waals surface area (Å²) in [7, 11) is -3.18. The molecule has 0 amide bonds. The monoisotopic (exact) mass is 268 g/mol. The minimum atomic E-state index is -3.18. The van der Waals surface area contributed by atoms with Crippen LogP contribution in [0.5, 0.6) is 0 Å². The van der Waals surface area contributed by atoms with Crippen molar-refractivity contribution in [3.05, 3.63) is 29.8 Å². The summed E-state index contributed by atoms with van der Waals surface area (Å²) in [6, 6.07) is 6.56. The molecule has 5 nitrogen and oxygen atoms in total. The van der Waals surface area contributed by atoms with Gasteiger partial charge in [-0.1, -0.05) is 0 Å². The molecule has 1 N–H and O–H groups in total. The topological polar surface area (TPSA) is 70.0 Å². The third kappa shape index (κ3) is 2.54. The molecule has 0 aromatic heterocycles. The zero-order valence-electron chi connectivity index (χ0n) is 10.4. The van der Waals surface area contributed by atoms with Crippen molar-refractivity contribution in [1.82, 2.24) is 4.90 Å². The predicted molar refractivity (Wildman–Crippen MR) is 69.3 cm³/mol. The molecule has 0 saturated heterocycles. The highest BCUT2D eigenvalue weighted by molar-refractivity contribution is 7.90. The van der Waals surface area contributed by atoms with Gasteiger partial charge in [0.1, 0.15) is 5.84 Å². The highest BCUT2D eigenvalue weighted by Crippen LogP contribution is 2.16. The summed E-state index contributed by atoms with van der Waals surface area (Å²) in [5, 5.41) is 9.52. The Balaban J connectivity index is 2.33. The Morgan fingerprint density at radius 1 is 1.39 bits per heavy atom. The Kier molecular flexibility index (Phi) is 3.41. The van der Waals surface area contributed by atoms with Crippen molar-refractivity contribution in [3.63, 3.8) is 0 Å². The van der Waals surface area contributed by atoms with Gasteiger partial charge in [-0.2, -0.15) is 0 Å². The smallest absolute Gasteiger partial charge is 0.175 e. The van der Waals surface area contributed by atoms with Crippen molar-refractivity contribution >= 4 is 15.7 Å². The first-order chi connectivity index (χ1) is 8.41. The molecule has 0 saturated carbocycles. The molecule has 0 bridgehead atoms. The highest BCUT2D eigenvalue weighted by atomic mass is 32.2. The van der Waals surface area contributed by atoms with Gasteiger partial charge >= 0.3 is 0 Å². The fraction of sp³-hybridized carbons (Fsp3) is 0.417. The molecule has 18 heavy (non-hydrogen) atoms. The zero-order valence-corrected chi connectivity index (χ0v) is 11.2. The minimum absolute atomic E-state index is 0.286. The molecule has 1 unspecified atom stereocenters. The second-order valence-electron chi connectivity index (χ2n) is 4.27. The summed E-state index contributed by atoms with van der Waals surface area (Å²) >= 11 is 0. The molecule has 1 aromatic rings. The predicted octanol–water partition coefficient (Wildman–Crippen LogP) is 0.491. The summed E-state index contributed by atoms with van der Waals surface area (Å²) in [6.07, 6.45) is 0.478. The van der Waals surface area contributed by atoms with Gasteiger partial charge in [0.2, 0.25) is 0 Å². The van der Waals surface area contributed by atoms with Crippen molar-refractivity contribution in [2.24, 2.45) is 4.99 Å². The number of hydrogen-bond donors (Lipinski definition) is 1. The van der Waals surface area contributed by atoms with E-state index in [2.05, 4.69) is 4.99 Å². The Morgan fingerprint density at radius 3 is 2.50 bits per heavy atom. The number of aliphatic hydroxyl groups is 1. The van der Waals surface area contributed by atoms with Crippen LogP contribution in [0.1, 0.15) is 12.5 Å². The first-order valence-corrected chi connectivity index (χ1v) is 7.62. The minimum Gasteiger partial charge on any atom is -0.370 e. The number of amidine groups is 1. The summed E-state index contributed by atoms with van der Waals surface area (Å²) < 4.78 is 22.7. The van der Waals surface area contributed by atoms with E-state index in [0.717, 1.165) is 12.1 Å². The SMILES string of the molecule is CCN1CC(O)N=C1c1ccc(S(C)(=O)=O)cc1. The maximum atomic E-state index is 11.4. The number of β-amino-alcohol motifs (C(OH)–C–C–N with tert-alkyl or cyclic N) is 1. The Morgan fingerprint density at radius 2 is 2.00 bits per heavy atom. The number of rotatable bonds is 3. The first-order valence-electron chi connectivity index (χ1n) is 5.73. The fourth-order valence-electron chi connectivity index (χ4n) is 1.93. The molecule has 0 fully saturated rings. The second-order valence-corrected chi connectivity index (χ2v) is 6.28. The van der Waals surface area contributed by atoms with E-state index in [1.807, 2.05) is 11.8 Å². The van der Waals surface area contributed by atoms with Crippen LogP contribution in [0.15, 0.2) is 34.2 Å². The second kappa shape index (κ2) is 4.70. The van der Waals surface area contributed by atoms with Crippen molar-refractivity contribution in [3.8, 4) is 0 Å². The lowest BCUT2D eigenvalue weighted by molar-refractivity contribution is 0.173. The number of sulfone groups is 1. The fourth-order valence-corrected chi connectivity index (χ4v) is 2.56. The van der Waals surface area contributed by atoms with Crippen molar-refractivity contribution in [2.45, 2.75) is 18.0 Å². The van der Waals surface area contributed by atoms with E-state index in [1.165, 1.54) is 6.26 Å². The summed E-state index contributed by atoms with van der Waals surface area (Å²) in [4.78, 5) is 6.40. The van der Waals surface area contributed by atoms with Crippen LogP contribution in [0, 0.1) is 0 Å². The Labute approximate surface area is 107 Å². The number of hydrogen-bond acceptors (Lipinski definition) is 5. The van der Waals surface area contributed by atoms with E-state index in [1.54, 1.807) is 24.3 Å². The van der Waals surface area contributed by atoms with E-state index in [9.17, 15) is 13.5 Å². The number of nitrogens with zero attached hydrogens (tertiary/aromatic N) is 2. The molecule has 1 heterocycles. The van der Waals surface area contributed by atoms with Gasteiger partial charge in [0.25, 0.3) is 0 Å². The van der Waals surface area contributed by atoms with Crippen LogP contribution in [0.2, 0.25) is 0 Å². The van der Waals surface area contributed by atoms with Gasteiger partial charge in [-0.3, -0.25) is 0 Å². The molecule has 6 heteroatoms. The zero-order chi connectivity index (χ0) is 13.3. The lowest BCUT2D eigenvalue weighted by Crippen LogP contribution is -2.29. The molecule has 1 aliphatic rings. The molecule has 1 atom stereocenters. The van der Waals surface area contributed by atoms with E-state index in [0.29, 0.717) is 12.4 Å². The Hall–Kier alpha value is -1.40. The number of likely N-dealkylation sites (N-methyl/N-ethyl adjacent to an activating group) is 1. The highest BCUT2D eigenvalue weighted by Gasteiger charge is 2.23. The van der Waals surface area contributed by atoms with E-state index < -0.39 is 16.1 Å². The quantitative estimate of drug-likeness (QED) is 0.866. The first kappa shape index (κ1) is 13.0. The van der Waals surface area contributed by atoms with Gasteiger partial charge in [-0.05, 0) is 31.2 Å². The molecule has 1 aliphatic heterocycles. The molecule has 0 spiro atoms. The van der Waals surface area contributed by atoms with Crippen molar-refractivity contribution < 1.29 is 13.5 Å². The summed E-state index contributed by atoms with van der Waals surface area (Å²) in [5.74, 6) is 0.713. The lowest BCUT2D eigenvalue weighted by Gasteiger charge is -2.18. The normalized spacial score (nSPS) is 20.1. The molecule has 1 aromatic carbocycles. The summed E-state index contributed by atoms with van der Waals surface area (Å²) in [5.41, 5.74) is 0.820. The van der Waals surface area contributed by atoms with Crippen LogP contribution in [-0.4, -0.2) is 49.8 Å². The average molecular weight is 268 g/mol. The van der Waals surface area contributed by atoms with Crippen LogP contribution in [0.3, 0.4) is 0 Å². The van der Waals surface area contributed by atoms with Crippen LogP contribution in [-0.2, 0) is 9.84 Å². The van der Waals surface area contributed by atoms with E-state index in [4.69, 9.17) is 0 Å². The number of benzene rings is 1. The van der Waals surface area contributed by atoms with Gasteiger partial charge in [0.15, 0.2) is 16.1 Å². The van der Waals surface area contributed by atoms with Gasteiger partial charge in [-0.25, -0.2) is 13.4 Å². The third-order valence-corrected chi connectivity index (χ3v) is 4.01. The van der Waals surface area contributed by atoms with E-state index >= 15 is 0 Å².